The third kappa shape index (κ3) is 3.91. The van der Waals surface area contributed by atoms with E-state index in [1.54, 1.807) is 0 Å². The maximum absolute atomic E-state index is 12.3. The smallest absolute Gasteiger partial charge is 0.252 e. The van der Waals surface area contributed by atoms with Crippen molar-refractivity contribution < 1.29 is 9.18 Å². The van der Waals surface area contributed by atoms with Gasteiger partial charge in [-0.25, -0.2) is 9.37 Å². The molecule has 0 unspecified atom stereocenters. The van der Waals surface area contributed by atoms with Gasteiger partial charge in [0.15, 0.2) is 11.8 Å². The summed E-state index contributed by atoms with van der Waals surface area (Å²) in [6, 6.07) is 7.36. The molecule has 2 rings (SSSR count). The number of amides is 1. The molecule has 108 valence electrons. The van der Waals surface area contributed by atoms with Crippen LogP contribution in [0.3, 0.4) is 0 Å². The van der Waals surface area contributed by atoms with E-state index >= 15 is 0 Å². The number of fused-ring (bicyclic) bond motifs is 1. The number of aromatic amines is 1. The van der Waals surface area contributed by atoms with Crippen molar-refractivity contribution in [2.24, 2.45) is 0 Å². The Bertz CT molecular complexity index is 583. The second kappa shape index (κ2) is 6.39. The fourth-order valence-electron chi connectivity index (χ4n) is 1.46. The standard InChI is InChI=1S/C11H9Cl3FN3OS/c12-11(13,14)9(18-8(19)5-15)20-10-16-6-3-1-2-4-7(6)17-10/h1-4,9H,5H2,(H,16,17)(H,18,19)/t9-/m1/s1. The summed E-state index contributed by atoms with van der Waals surface area (Å²) in [5, 5.41) is 1.79. The molecule has 0 radical (unpaired) electrons. The molecule has 0 spiro atoms. The zero-order valence-corrected chi connectivity index (χ0v) is 13.0. The van der Waals surface area contributed by atoms with Crippen LogP contribution in [-0.4, -0.2) is 31.7 Å². The lowest BCUT2D eigenvalue weighted by Gasteiger charge is -2.23. The van der Waals surface area contributed by atoms with Crippen molar-refractivity contribution in [1.82, 2.24) is 15.3 Å². The number of carbonyl (C=O) groups is 1. The number of halogens is 4. The van der Waals surface area contributed by atoms with Crippen molar-refractivity contribution in [3.8, 4) is 0 Å². The first-order chi connectivity index (χ1) is 9.40. The Morgan fingerprint density at radius 1 is 1.45 bits per heavy atom. The van der Waals surface area contributed by atoms with Gasteiger partial charge in [0.1, 0.15) is 5.37 Å². The molecule has 2 aromatic rings. The Kier molecular flexibility index (Phi) is 5.01. The minimum Gasteiger partial charge on any atom is -0.337 e. The molecule has 1 aromatic heterocycles. The van der Waals surface area contributed by atoms with Crippen LogP contribution in [0.4, 0.5) is 4.39 Å². The number of carbonyl (C=O) groups excluding carboxylic acids is 1. The highest BCUT2D eigenvalue weighted by molar-refractivity contribution is 8.00. The summed E-state index contributed by atoms with van der Waals surface area (Å²) in [6.07, 6.45) is 0. The van der Waals surface area contributed by atoms with Gasteiger partial charge in [-0.15, -0.1) is 0 Å². The van der Waals surface area contributed by atoms with E-state index in [4.69, 9.17) is 34.8 Å². The third-order valence-electron chi connectivity index (χ3n) is 2.31. The van der Waals surface area contributed by atoms with E-state index in [-0.39, 0.29) is 0 Å². The van der Waals surface area contributed by atoms with Gasteiger partial charge in [-0.2, -0.15) is 0 Å². The van der Waals surface area contributed by atoms with Gasteiger partial charge in [-0.3, -0.25) is 4.79 Å². The van der Waals surface area contributed by atoms with Crippen LogP contribution in [0, 0.1) is 0 Å². The van der Waals surface area contributed by atoms with E-state index in [9.17, 15) is 9.18 Å². The van der Waals surface area contributed by atoms with Crippen molar-refractivity contribution in [2.75, 3.05) is 6.67 Å². The number of thioether (sulfide) groups is 1. The zero-order chi connectivity index (χ0) is 14.8. The molecule has 1 atom stereocenters. The molecule has 0 saturated carbocycles. The number of hydrogen-bond acceptors (Lipinski definition) is 3. The number of rotatable bonds is 4. The third-order valence-corrected chi connectivity index (χ3v) is 4.47. The number of para-hydroxylation sites is 2. The van der Waals surface area contributed by atoms with Crippen molar-refractivity contribution >= 4 is 63.5 Å². The first kappa shape index (κ1) is 15.7. The SMILES string of the molecule is O=C(CF)N[C@H](Sc1nc2ccccc2[nH]1)C(Cl)(Cl)Cl. The number of alkyl halides is 4. The van der Waals surface area contributed by atoms with Crippen LogP contribution in [0.5, 0.6) is 0 Å². The van der Waals surface area contributed by atoms with Crippen molar-refractivity contribution in [3.63, 3.8) is 0 Å². The van der Waals surface area contributed by atoms with E-state index in [1.807, 2.05) is 24.3 Å². The summed E-state index contributed by atoms with van der Waals surface area (Å²) >= 11 is 18.3. The molecule has 0 bridgehead atoms. The molecule has 0 saturated heterocycles. The molecule has 0 aliphatic rings. The molecule has 9 heteroatoms. The Hall–Kier alpha value is -0.690. The second-order valence-corrected chi connectivity index (χ2v) is 7.26. The second-order valence-electron chi connectivity index (χ2n) is 3.80. The minimum absolute atomic E-state index is 0.460. The number of benzene rings is 1. The maximum Gasteiger partial charge on any atom is 0.252 e. The van der Waals surface area contributed by atoms with Gasteiger partial charge in [0.25, 0.3) is 5.91 Å². The molecule has 2 N–H and O–H groups in total. The average molecular weight is 357 g/mol. The molecule has 0 aliphatic heterocycles. The first-order valence-corrected chi connectivity index (χ1v) is 7.45. The summed E-state index contributed by atoms with van der Waals surface area (Å²) in [4.78, 5) is 18.4. The highest BCUT2D eigenvalue weighted by Gasteiger charge is 2.35. The lowest BCUT2D eigenvalue weighted by molar-refractivity contribution is -0.122. The summed E-state index contributed by atoms with van der Waals surface area (Å²) in [7, 11) is 0. The van der Waals surface area contributed by atoms with Gasteiger partial charge in [0.2, 0.25) is 3.79 Å². The molecule has 0 fully saturated rings. The largest absolute Gasteiger partial charge is 0.337 e. The predicted octanol–water partition coefficient (Wildman–Crippen LogP) is 3.44. The van der Waals surface area contributed by atoms with Crippen LogP contribution in [0.2, 0.25) is 0 Å². The maximum atomic E-state index is 12.3. The van der Waals surface area contributed by atoms with Gasteiger partial charge >= 0.3 is 0 Å². The molecular formula is C11H9Cl3FN3OS. The summed E-state index contributed by atoms with van der Waals surface area (Å²) < 4.78 is 10.5. The number of H-pyrrole nitrogens is 1. The monoisotopic (exact) mass is 355 g/mol. The van der Waals surface area contributed by atoms with E-state index in [1.165, 1.54) is 0 Å². The van der Waals surface area contributed by atoms with Crippen molar-refractivity contribution in [3.05, 3.63) is 24.3 Å². The minimum atomic E-state index is -1.80. The molecule has 1 heterocycles. The molecule has 20 heavy (non-hydrogen) atoms. The van der Waals surface area contributed by atoms with Crippen molar-refractivity contribution in [2.45, 2.75) is 14.3 Å². The van der Waals surface area contributed by atoms with Gasteiger partial charge in [0, 0.05) is 0 Å². The fourth-order valence-corrected chi connectivity index (χ4v) is 2.89. The Morgan fingerprint density at radius 2 is 2.15 bits per heavy atom. The van der Waals surface area contributed by atoms with Crippen LogP contribution in [0.1, 0.15) is 0 Å². The normalized spacial score (nSPS) is 13.4. The highest BCUT2D eigenvalue weighted by Crippen LogP contribution is 2.38. The summed E-state index contributed by atoms with van der Waals surface area (Å²) in [5.41, 5.74) is 1.56. The van der Waals surface area contributed by atoms with Crippen LogP contribution >= 0.6 is 46.6 Å². The van der Waals surface area contributed by atoms with Gasteiger partial charge in [-0.05, 0) is 12.1 Å². The van der Waals surface area contributed by atoms with Crippen molar-refractivity contribution in [1.29, 1.82) is 0 Å². The quantitative estimate of drug-likeness (QED) is 0.501. The number of nitrogens with one attached hydrogen (secondary N) is 2. The van der Waals surface area contributed by atoms with E-state index in [0.717, 1.165) is 22.8 Å². The molecule has 1 aromatic carbocycles. The number of aromatic nitrogens is 2. The molecule has 0 aliphatic carbocycles. The number of imidazole rings is 1. The van der Waals surface area contributed by atoms with E-state index < -0.39 is 21.7 Å². The molecule has 4 nitrogen and oxygen atoms in total. The summed E-state index contributed by atoms with van der Waals surface area (Å²) in [5.74, 6) is -0.857. The summed E-state index contributed by atoms with van der Waals surface area (Å²) in [6.45, 7) is -1.18. The van der Waals surface area contributed by atoms with Gasteiger partial charge in [-0.1, -0.05) is 58.7 Å². The lowest BCUT2D eigenvalue weighted by atomic mass is 10.3. The van der Waals surface area contributed by atoms with Crippen LogP contribution in [-0.2, 0) is 4.79 Å². The van der Waals surface area contributed by atoms with Crippen LogP contribution in [0.25, 0.3) is 11.0 Å². The Labute approximate surface area is 133 Å². The van der Waals surface area contributed by atoms with E-state index in [0.29, 0.717) is 5.16 Å². The Balaban J connectivity index is 2.20. The molecule has 1 amide bonds. The fraction of sp³-hybridized carbons (Fsp3) is 0.273. The first-order valence-electron chi connectivity index (χ1n) is 5.43. The van der Waals surface area contributed by atoms with Gasteiger partial charge < -0.3 is 10.3 Å². The van der Waals surface area contributed by atoms with Gasteiger partial charge in [0.05, 0.1) is 11.0 Å². The Morgan fingerprint density at radius 3 is 2.75 bits per heavy atom. The predicted molar refractivity (Wildman–Crippen MR) is 80.1 cm³/mol. The lowest BCUT2D eigenvalue weighted by Crippen LogP contribution is -2.42. The topological polar surface area (TPSA) is 57.8 Å². The molecular weight excluding hydrogens is 348 g/mol. The highest BCUT2D eigenvalue weighted by atomic mass is 35.6. The van der Waals surface area contributed by atoms with Crippen LogP contribution < -0.4 is 5.32 Å². The number of nitrogens with zero attached hydrogens (tertiary/aromatic N) is 1. The average Bonchev–Trinajstić information content (AvgIpc) is 2.79. The van der Waals surface area contributed by atoms with Crippen LogP contribution in [0.15, 0.2) is 29.4 Å². The number of hydrogen-bond donors (Lipinski definition) is 2. The van der Waals surface area contributed by atoms with E-state index in [2.05, 4.69) is 15.3 Å². The zero-order valence-electron chi connectivity index (χ0n) is 9.87.